The summed E-state index contributed by atoms with van der Waals surface area (Å²) in [4.78, 5) is 12.3. The van der Waals surface area contributed by atoms with E-state index < -0.39 is 5.60 Å². The first-order valence-corrected chi connectivity index (χ1v) is 9.23. The lowest BCUT2D eigenvalue weighted by Crippen LogP contribution is -2.54. The fraction of sp³-hybridized carbons (Fsp3) is 0.650. The lowest BCUT2D eigenvalue weighted by atomic mass is 9.76. The van der Waals surface area contributed by atoms with Gasteiger partial charge in [0.1, 0.15) is 5.60 Å². The van der Waals surface area contributed by atoms with Gasteiger partial charge in [0.2, 0.25) is 0 Å². The third-order valence-electron chi connectivity index (χ3n) is 5.59. The molecule has 0 aliphatic heterocycles. The zero-order valence-corrected chi connectivity index (χ0v) is 14.0. The first kappa shape index (κ1) is 16.5. The molecule has 2 N–H and O–H groups in total. The molecule has 0 saturated heterocycles. The third-order valence-corrected chi connectivity index (χ3v) is 5.59. The van der Waals surface area contributed by atoms with Gasteiger partial charge in [0, 0.05) is 6.04 Å². The average Bonchev–Trinajstić information content (AvgIpc) is 2.54. The molecule has 126 valence electrons. The first-order valence-electron chi connectivity index (χ1n) is 9.23. The van der Waals surface area contributed by atoms with Crippen molar-refractivity contribution in [1.82, 2.24) is 5.32 Å². The minimum absolute atomic E-state index is 0.120. The van der Waals surface area contributed by atoms with Crippen molar-refractivity contribution in [3.05, 3.63) is 35.9 Å². The molecule has 0 unspecified atom stereocenters. The summed E-state index contributed by atoms with van der Waals surface area (Å²) < 4.78 is 0. The van der Waals surface area contributed by atoms with Gasteiger partial charge in [0.25, 0.3) is 5.91 Å². The Morgan fingerprint density at radius 1 is 1.13 bits per heavy atom. The van der Waals surface area contributed by atoms with E-state index in [9.17, 15) is 9.90 Å². The second kappa shape index (κ2) is 7.48. The van der Waals surface area contributed by atoms with Gasteiger partial charge < -0.3 is 10.4 Å². The summed E-state index contributed by atoms with van der Waals surface area (Å²) in [7, 11) is 0. The number of carbonyl (C=O) groups excluding carboxylic acids is 1. The Kier molecular flexibility index (Phi) is 5.37. The Bertz CT molecular complexity index is 502. The van der Waals surface area contributed by atoms with Crippen LogP contribution in [-0.4, -0.2) is 22.7 Å². The lowest BCUT2D eigenvalue weighted by molar-refractivity contribution is -0.144. The predicted octanol–water partition coefficient (Wildman–Crippen LogP) is 3.60. The second-order valence-corrected chi connectivity index (χ2v) is 7.48. The lowest BCUT2D eigenvalue weighted by Gasteiger charge is -2.39. The van der Waals surface area contributed by atoms with Crippen LogP contribution in [0.25, 0.3) is 0 Å². The molecule has 2 saturated carbocycles. The molecule has 0 aromatic heterocycles. The second-order valence-electron chi connectivity index (χ2n) is 7.48. The topological polar surface area (TPSA) is 49.3 Å². The molecule has 3 heteroatoms. The van der Waals surface area contributed by atoms with Crippen LogP contribution in [0.3, 0.4) is 0 Å². The average molecular weight is 315 g/mol. The maximum atomic E-state index is 12.3. The van der Waals surface area contributed by atoms with E-state index >= 15 is 0 Å². The van der Waals surface area contributed by atoms with Crippen LogP contribution < -0.4 is 5.32 Å². The highest BCUT2D eigenvalue weighted by atomic mass is 16.3. The van der Waals surface area contributed by atoms with Crippen LogP contribution in [-0.2, 0) is 11.2 Å². The van der Waals surface area contributed by atoms with Crippen molar-refractivity contribution < 1.29 is 9.90 Å². The minimum Gasteiger partial charge on any atom is -0.380 e. The number of hydrogen-bond donors (Lipinski definition) is 2. The summed E-state index contributed by atoms with van der Waals surface area (Å²) >= 11 is 0. The number of benzene rings is 1. The molecule has 1 aromatic rings. The van der Waals surface area contributed by atoms with Crippen LogP contribution in [0.4, 0.5) is 0 Å². The number of hydrogen-bond acceptors (Lipinski definition) is 2. The zero-order chi connectivity index (χ0) is 16.1. The van der Waals surface area contributed by atoms with Crippen molar-refractivity contribution in [2.45, 2.75) is 75.9 Å². The van der Waals surface area contributed by atoms with Crippen molar-refractivity contribution in [2.75, 3.05) is 0 Å². The zero-order valence-electron chi connectivity index (χ0n) is 14.0. The molecule has 0 bridgehead atoms. The quantitative estimate of drug-likeness (QED) is 0.842. The third kappa shape index (κ3) is 4.35. The van der Waals surface area contributed by atoms with Gasteiger partial charge in [-0.1, -0.05) is 49.6 Å². The monoisotopic (exact) mass is 315 g/mol. The van der Waals surface area contributed by atoms with Crippen LogP contribution in [0.2, 0.25) is 0 Å². The SMILES string of the molecule is O=C(NC1CC(CCCc2ccccc2)C1)C1(O)CCCCC1. The standard InChI is InChI=1S/C20H29NO2/c22-19(20(23)12-5-2-6-13-20)21-18-14-17(15-18)11-7-10-16-8-3-1-4-9-16/h1,3-4,8-9,17-18,23H,2,5-7,10-15H2,(H,21,22). The molecule has 23 heavy (non-hydrogen) atoms. The summed E-state index contributed by atoms with van der Waals surface area (Å²) in [5.74, 6) is 0.620. The van der Waals surface area contributed by atoms with E-state index in [0.29, 0.717) is 12.8 Å². The highest BCUT2D eigenvalue weighted by Gasteiger charge is 2.39. The molecule has 2 aliphatic carbocycles. The van der Waals surface area contributed by atoms with Crippen LogP contribution in [0.15, 0.2) is 30.3 Å². The van der Waals surface area contributed by atoms with Gasteiger partial charge in [-0.05, 0) is 56.4 Å². The summed E-state index contributed by atoms with van der Waals surface area (Å²) in [5, 5.41) is 13.5. The number of aliphatic hydroxyl groups is 1. The number of amides is 1. The molecule has 3 nitrogen and oxygen atoms in total. The van der Waals surface area contributed by atoms with E-state index in [-0.39, 0.29) is 11.9 Å². The molecule has 0 atom stereocenters. The number of aryl methyl sites for hydroxylation is 1. The van der Waals surface area contributed by atoms with E-state index in [1.165, 1.54) is 18.4 Å². The van der Waals surface area contributed by atoms with Gasteiger partial charge in [-0.15, -0.1) is 0 Å². The van der Waals surface area contributed by atoms with Gasteiger partial charge in [-0.3, -0.25) is 4.79 Å². The maximum Gasteiger partial charge on any atom is 0.252 e. The van der Waals surface area contributed by atoms with Crippen LogP contribution in [0.5, 0.6) is 0 Å². The molecule has 0 radical (unpaired) electrons. The molecule has 2 fully saturated rings. The van der Waals surface area contributed by atoms with Gasteiger partial charge in [0.15, 0.2) is 0 Å². The number of nitrogens with one attached hydrogen (secondary N) is 1. The van der Waals surface area contributed by atoms with E-state index in [1.807, 2.05) is 0 Å². The number of carbonyl (C=O) groups is 1. The van der Waals surface area contributed by atoms with E-state index in [2.05, 4.69) is 35.6 Å². The van der Waals surface area contributed by atoms with Crippen molar-refractivity contribution in [2.24, 2.45) is 5.92 Å². The molecule has 3 rings (SSSR count). The smallest absolute Gasteiger partial charge is 0.252 e. The van der Waals surface area contributed by atoms with Crippen LogP contribution in [0.1, 0.15) is 63.4 Å². The Morgan fingerprint density at radius 2 is 1.83 bits per heavy atom. The summed E-state index contributed by atoms with van der Waals surface area (Å²) in [6, 6.07) is 10.9. The fourth-order valence-corrected chi connectivity index (χ4v) is 4.01. The van der Waals surface area contributed by atoms with Gasteiger partial charge in [-0.25, -0.2) is 0 Å². The molecule has 0 heterocycles. The summed E-state index contributed by atoms with van der Waals surface area (Å²) in [6.07, 6.45) is 10.1. The highest BCUT2D eigenvalue weighted by molar-refractivity contribution is 5.85. The van der Waals surface area contributed by atoms with Gasteiger partial charge in [0.05, 0.1) is 0 Å². The van der Waals surface area contributed by atoms with Crippen LogP contribution >= 0.6 is 0 Å². The van der Waals surface area contributed by atoms with Gasteiger partial charge in [-0.2, -0.15) is 0 Å². The Labute approximate surface area is 139 Å². The van der Waals surface area contributed by atoms with Crippen molar-refractivity contribution >= 4 is 5.91 Å². The number of rotatable bonds is 6. The van der Waals surface area contributed by atoms with E-state index in [4.69, 9.17) is 0 Å². The highest BCUT2D eigenvalue weighted by Crippen LogP contribution is 2.34. The van der Waals surface area contributed by atoms with Crippen molar-refractivity contribution in [1.29, 1.82) is 0 Å². The van der Waals surface area contributed by atoms with Crippen molar-refractivity contribution in [3.63, 3.8) is 0 Å². The largest absolute Gasteiger partial charge is 0.380 e. The molecular formula is C20H29NO2. The Morgan fingerprint density at radius 3 is 2.52 bits per heavy atom. The predicted molar refractivity (Wildman–Crippen MR) is 92.1 cm³/mol. The summed E-state index contributed by atoms with van der Waals surface area (Å²) in [5.41, 5.74) is 0.326. The molecular weight excluding hydrogens is 286 g/mol. The van der Waals surface area contributed by atoms with E-state index in [0.717, 1.165) is 44.4 Å². The molecule has 1 aromatic carbocycles. The fourth-order valence-electron chi connectivity index (χ4n) is 4.01. The normalized spacial score (nSPS) is 26.3. The van der Waals surface area contributed by atoms with E-state index in [1.54, 1.807) is 0 Å². The summed E-state index contributed by atoms with van der Waals surface area (Å²) in [6.45, 7) is 0. The molecule has 2 aliphatic rings. The maximum absolute atomic E-state index is 12.3. The van der Waals surface area contributed by atoms with Crippen LogP contribution in [0, 0.1) is 5.92 Å². The Balaban J connectivity index is 1.32. The molecule has 1 amide bonds. The molecule has 0 spiro atoms. The first-order chi connectivity index (χ1) is 11.2. The van der Waals surface area contributed by atoms with Gasteiger partial charge >= 0.3 is 0 Å². The van der Waals surface area contributed by atoms with Crippen molar-refractivity contribution in [3.8, 4) is 0 Å². The Hall–Kier alpha value is -1.35. The minimum atomic E-state index is -1.09.